The number of nitrogens with zero attached hydrogens (tertiary/aromatic N) is 2. The number of rotatable bonds is 20. The summed E-state index contributed by atoms with van der Waals surface area (Å²) in [5.74, 6) is -0.840. The van der Waals surface area contributed by atoms with Gasteiger partial charge in [0, 0.05) is 20.4 Å². The summed E-state index contributed by atoms with van der Waals surface area (Å²) in [6.45, 7) is 2.77. The summed E-state index contributed by atoms with van der Waals surface area (Å²) in [5, 5.41) is 2.51. The molecule has 1 aromatic rings. The van der Waals surface area contributed by atoms with E-state index < -0.39 is 23.8 Å². The Morgan fingerprint density at radius 1 is 0.946 bits per heavy atom. The molecule has 0 aliphatic carbocycles. The fraction of sp³-hybridized carbons (Fsp3) is 0.739. The summed E-state index contributed by atoms with van der Waals surface area (Å²) < 4.78 is 42.9. The quantitative estimate of drug-likeness (QED) is 0.174. The third-order valence-corrected chi connectivity index (χ3v) is 4.98. The zero-order chi connectivity index (χ0) is 26.7. The number of aromatic nitrogens is 2. The zero-order valence-electron chi connectivity index (χ0n) is 21.4. The molecule has 1 saturated heterocycles. The maximum atomic E-state index is 12.4. The van der Waals surface area contributed by atoms with Crippen LogP contribution in [0.4, 0.5) is 5.82 Å². The number of nitrogens with one attached hydrogen (secondary N) is 1. The van der Waals surface area contributed by atoms with E-state index in [4.69, 9.17) is 37.9 Å². The highest BCUT2D eigenvalue weighted by atomic mass is 16.6. The predicted molar refractivity (Wildman–Crippen MR) is 128 cm³/mol. The molecular weight excluding hydrogens is 494 g/mol. The molecule has 2 rings (SSSR count). The minimum absolute atomic E-state index is 0.0524. The van der Waals surface area contributed by atoms with Gasteiger partial charge in [0.2, 0.25) is 0 Å². The van der Waals surface area contributed by atoms with Gasteiger partial charge in [-0.2, -0.15) is 4.98 Å². The van der Waals surface area contributed by atoms with Crippen molar-refractivity contribution in [3.63, 3.8) is 0 Å². The number of carbonyl (C=O) groups excluding carboxylic acids is 2. The molecule has 1 aliphatic heterocycles. The van der Waals surface area contributed by atoms with Gasteiger partial charge >= 0.3 is 11.7 Å². The summed E-state index contributed by atoms with van der Waals surface area (Å²) in [6.07, 6.45) is 1.75. The minimum atomic E-state index is -0.575. The fourth-order valence-corrected chi connectivity index (χ4v) is 3.17. The average Bonchev–Trinajstić information content (AvgIpc) is 3.35. The summed E-state index contributed by atoms with van der Waals surface area (Å²) in [4.78, 5) is 40.1. The number of amides is 1. The molecule has 1 N–H and O–H groups in total. The molecule has 1 aromatic heterocycles. The molecule has 14 nitrogen and oxygen atoms in total. The van der Waals surface area contributed by atoms with Crippen LogP contribution in [-0.4, -0.2) is 114 Å². The maximum absolute atomic E-state index is 12.4. The largest absolute Gasteiger partial charge is 0.461 e. The lowest BCUT2D eigenvalue weighted by Crippen LogP contribution is -2.29. The Bertz CT molecular complexity index is 851. The Morgan fingerprint density at radius 2 is 1.57 bits per heavy atom. The van der Waals surface area contributed by atoms with Gasteiger partial charge in [-0.15, -0.1) is 0 Å². The van der Waals surface area contributed by atoms with E-state index in [9.17, 15) is 14.4 Å². The molecule has 2 unspecified atom stereocenters. The molecule has 1 fully saturated rings. The molecule has 1 amide bonds. The third-order valence-electron chi connectivity index (χ3n) is 4.98. The van der Waals surface area contributed by atoms with Gasteiger partial charge in [0.15, 0.2) is 0 Å². The lowest BCUT2D eigenvalue weighted by molar-refractivity contribution is -0.154. The number of ether oxygens (including phenoxy) is 8. The Hall–Kier alpha value is -2.46. The highest BCUT2D eigenvalue weighted by molar-refractivity contribution is 5.90. The van der Waals surface area contributed by atoms with Crippen molar-refractivity contribution in [2.24, 2.45) is 0 Å². The average molecular weight is 532 g/mol. The predicted octanol–water partition coefficient (Wildman–Crippen LogP) is -0.238. The van der Waals surface area contributed by atoms with Crippen LogP contribution in [-0.2, 0) is 47.5 Å². The molecule has 0 radical (unpaired) electrons. The summed E-state index contributed by atoms with van der Waals surface area (Å²) >= 11 is 0. The van der Waals surface area contributed by atoms with Crippen LogP contribution in [0.3, 0.4) is 0 Å². The zero-order valence-corrected chi connectivity index (χ0v) is 21.4. The van der Waals surface area contributed by atoms with E-state index in [1.54, 1.807) is 14.2 Å². The van der Waals surface area contributed by atoms with E-state index in [0.717, 1.165) is 0 Å². The topological polar surface area (TPSA) is 155 Å². The number of hydrogen-bond acceptors (Lipinski definition) is 12. The van der Waals surface area contributed by atoms with Crippen molar-refractivity contribution in [2.45, 2.75) is 25.2 Å². The molecule has 0 aromatic carbocycles. The second-order valence-electron chi connectivity index (χ2n) is 7.84. The molecule has 0 saturated carbocycles. The number of carbonyl (C=O) groups is 2. The number of methoxy groups -OCH3 is 2. The first-order chi connectivity index (χ1) is 18.0. The van der Waals surface area contributed by atoms with Crippen LogP contribution < -0.4 is 11.0 Å². The standard InChI is InChI=1S/C23H37N3O11/c1-30-7-9-32-11-13-34-16-20(27)24-19-5-6-26(23(29)25-19)21-4-3-18(37-21)15-36-22(28)17-35-14-12-33-10-8-31-2/h5-6,18,21H,3-4,7-17H2,1-2H3,(H,24,25,27,29). The molecule has 1 aliphatic rings. The fourth-order valence-electron chi connectivity index (χ4n) is 3.17. The van der Waals surface area contributed by atoms with E-state index in [2.05, 4.69) is 10.3 Å². The van der Waals surface area contributed by atoms with Crippen molar-refractivity contribution in [3.05, 3.63) is 22.7 Å². The summed E-state index contributed by atoms with van der Waals surface area (Å²) in [7, 11) is 3.17. The molecule has 2 atom stereocenters. The van der Waals surface area contributed by atoms with E-state index in [0.29, 0.717) is 52.5 Å². The minimum Gasteiger partial charge on any atom is -0.461 e. The smallest absolute Gasteiger partial charge is 0.351 e. The van der Waals surface area contributed by atoms with Gasteiger partial charge in [-0.25, -0.2) is 9.59 Å². The Morgan fingerprint density at radius 3 is 2.22 bits per heavy atom. The highest BCUT2D eigenvalue weighted by Crippen LogP contribution is 2.27. The van der Waals surface area contributed by atoms with Gasteiger partial charge in [-0.1, -0.05) is 0 Å². The monoisotopic (exact) mass is 531 g/mol. The van der Waals surface area contributed by atoms with Gasteiger partial charge in [0.25, 0.3) is 5.91 Å². The molecule has 0 bridgehead atoms. The van der Waals surface area contributed by atoms with Crippen LogP contribution in [0, 0.1) is 0 Å². The number of anilines is 1. The Labute approximate surface area is 215 Å². The third kappa shape index (κ3) is 13.1. The first-order valence-electron chi connectivity index (χ1n) is 12.0. The summed E-state index contributed by atoms with van der Waals surface area (Å²) in [6, 6.07) is 1.50. The van der Waals surface area contributed by atoms with Gasteiger partial charge in [-0.05, 0) is 18.9 Å². The SMILES string of the molecule is COCCOCCOCC(=O)Nc1ccn(C2CCC(COC(=O)COCCOCCOC)O2)c(=O)n1. The first kappa shape index (κ1) is 30.8. The molecule has 2 heterocycles. The lowest BCUT2D eigenvalue weighted by Gasteiger charge is -2.16. The van der Waals surface area contributed by atoms with Crippen molar-refractivity contribution in [3.8, 4) is 0 Å². The highest BCUT2D eigenvalue weighted by Gasteiger charge is 2.28. The number of hydrogen-bond donors (Lipinski definition) is 1. The van der Waals surface area contributed by atoms with Gasteiger partial charge in [0.05, 0.1) is 59.0 Å². The second kappa shape index (κ2) is 18.7. The van der Waals surface area contributed by atoms with Crippen LogP contribution in [0.5, 0.6) is 0 Å². The second-order valence-corrected chi connectivity index (χ2v) is 7.84. The van der Waals surface area contributed by atoms with Gasteiger partial charge in [0.1, 0.15) is 31.9 Å². The van der Waals surface area contributed by atoms with Crippen molar-refractivity contribution < 1.29 is 47.5 Å². The lowest BCUT2D eigenvalue weighted by atomic mass is 10.2. The Balaban J connectivity index is 1.63. The van der Waals surface area contributed by atoms with E-state index in [1.807, 2.05) is 0 Å². The van der Waals surface area contributed by atoms with E-state index in [1.165, 1.54) is 16.8 Å². The van der Waals surface area contributed by atoms with E-state index in [-0.39, 0.29) is 45.0 Å². The molecule has 210 valence electrons. The first-order valence-corrected chi connectivity index (χ1v) is 12.0. The van der Waals surface area contributed by atoms with Gasteiger partial charge < -0.3 is 43.2 Å². The van der Waals surface area contributed by atoms with Crippen molar-refractivity contribution >= 4 is 17.7 Å². The normalized spacial score (nSPS) is 17.1. The van der Waals surface area contributed by atoms with Crippen LogP contribution in [0.1, 0.15) is 19.1 Å². The molecule has 37 heavy (non-hydrogen) atoms. The van der Waals surface area contributed by atoms with Crippen molar-refractivity contribution in [1.29, 1.82) is 0 Å². The van der Waals surface area contributed by atoms with Crippen molar-refractivity contribution in [2.75, 3.05) is 92.2 Å². The van der Waals surface area contributed by atoms with Crippen molar-refractivity contribution in [1.82, 2.24) is 9.55 Å². The van der Waals surface area contributed by atoms with Crippen LogP contribution in [0.25, 0.3) is 0 Å². The van der Waals surface area contributed by atoms with Crippen LogP contribution >= 0.6 is 0 Å². The summed E-state index contributed by atoms with van der Waals surface area (Å²) in [5.41, 5.74) is -0.575. The van der Waals surface area contributed by atoms with Crippen LogP contribution in [0.15, 0.2) is 17.1 Å². The molecular formula is C23H37N3O11. The maximum Gasteiger partial charge on any atom is 0.351 e. The van der Waals surface area contributed by atoms with E-state index >= 15 is 0 Å². The molecule has 0 spiro atoms. The van der Waals surface area contributed by atoms with Gasteiger partial charge in [-0.3, -0.25) is 9.36 Å². The Kier molecular flexibility index (Phi) is 15.6. The molecule has 14 heteroatoms. The van der Waals surface area contributed by atoms with Crippen LogP contribution in [0.2, 0.25) is 0 Å². The number of esters is 1.